The molecule has 0 aromatic heterocycles. The largest absolute Gasteiger partial charge is 0.482 e. The van der Waals surface area contributed by atoms with Gasteiger partial charge in [0, 0.05) is 24.2 Å². The standard InChI is InChI=1S/C27H26Cl4N2O6/c1-3-18(34)16-8-10-20(26(30)24(16)28)38-14-22(36)32-12-6-5-7-13-33-23(37)15-39-21-11-9-17(19(35)4-2)25(29)27(21)31/h3-4,8-11H,1-2,5-7,12-15H2,(H,32,36)(H,33,37). The van der Waals surface area contributed by atoms with Crippen LogP contribution in [-0.4, -0.2) is 49.7 Å². The maximum atomic E-state index is 12.0. The fourth-order valence-corrected chi connectivity index (χ4v) is 4.10. The van der Waals surface area contributed by atoms with Crippen LogP contribution in [0.15, 0.2) is 49.6 Å². The number of nitrogens with one attached hydrogen (secondary N) is 2. The number of rotatable bonds is 16. The summed E-state index contributed by atoms with van der Waals surface area (Å²) in [6, 6.07) is 5.82. The Hall–Kier alpha value is -3.04. The molecule has 2 aromatic carbocycles. The van der Waals surface area contributed by atoms with E-state index in [1.165, 1.54) is 24.3 Å². The van der Waals surface area contributed by atoms with Gasteiger partial charge in [-0.2, -0.15) is 0 Å². The second kappa shape index (κ2) is 16.2. The van der Waals surface area contributed by atoms with Crippen molar-refractivity contribution in [2.75, 3.05) is 26.3 Å². The maximum absolute atomic E-state index is 12.0. The summed E-state index contributed by atoms with van der Waals surface area (Å²) in [6.45, 7) is 7.10. The van der Waals surface area contributed by atoms with Gasteiger partial charge in [-0.1, -0.05) is 59.6 Å². The summed E-state index contributed by atoms with van der Waals surface area (Å²) in [5.74, 6) is -1.08. The molecule has 0 aliphatic rings. The van der Waals surface area contributed by atoms with Gasteiger partial charge in [-0.15, -0.1) is 0 Å². The number of carbonyl (C=O) groups excluding carboxylic acids is 4. The van der Waals surface area contributed by atoms with Crippen molar-refractivity contribution in [1.82, 2.24) is 10.6 Å². The van der Waals surface area contributed by atoms with Crippen LogP contribution in [0.4, 0.5) is 0 Å². The number of hydrogen-bond donors (Lipinski definition) is 2. The number of unbranched alkanes of at least 4 members (excludes halogenated alkanes) is 2. The topological polar surface area (TPSA) is 111 Å². The van der Waals surface area contributed by atoms with Crippen molar-refractivity contribution in [3.63, 3.8) is 0 Å². The van der Waals surface area contributed by atoms with Crippen molar-refractivity contribution in [1.29, 1.82) is 0 Å². The number of carbonyl (C=O) groups is 4. The van der Waals surface area contributed by atoms with Gasteiger partial charge < -0.3 is 20.1 Å². The average Bonchev–Trinajstić information content (AvgIpc) is 2.93. The molecule has 12 heteroatoms. The number of ketones is 2. The summed E-state index contributed by atoms with van der Waals surface area (Å²) in [4.78, 5) is 47.5. The van der Waals surface area contributed by atoms with Crippen molar-refractivity contribution in [3.05, 3.63) is 80.8 Å². The molecule has 0 aliphatic heterocycles. The molecule has 0 bridgehead atoms. The van der Waals surface area contributed by atoms with Gasteiger partial charge in [0.25, 0.3) is 11.8 Å². The van der Waals surface area contributed by atoms with Crippen LogP contribution in [0, 0.1) is 0 Å². The molecule has 0 fully saturated rings. The van der Waals surface area contributed by atoms with Crippen LogP contribution in [0.2, 0.25) is 20.1 Å². The highest BCUT2D eigenvalue weighted by atomic mass is 35.5. The fraction of sp³-hybridized carbons (Fsp3) is 0.259. The van der Waals surface area contributed by atoms with Crippen LogP contribution in [0.5, 0.6) is 11.5 Å². The van der Waals surface area contributed by atoms with Crippen molar-refractivity contribution in [2.45, 2.75) is 19.3 Å². The minimum atomic E-state index is -0.376. The van der Waals surface area contributed by atoms with Crippen molar-refractivity contribution >= 4 is 69.8 Å². The molecule has 0 heterocycles. The van der Waals surface area contributed by atoms with Gasteiger partial charge in [0.05, 0.1) is 10.0 Å². The van der Waals surface area contributed by atoms with Gasteiger partial charge in [0.2, 0.25) is 0 Å². The first kappa shape index (κ1) is 32.2. The molecule has 2 aromatic rings. The van der Waals surface area contributed by atoms with E-state index in [0.717, 1.165) is 18.6 Å². The molecule has 39 heavy (non-hydrogen) atoms. The van der Waals surface area contributed by atoms with E-state index >= 15 is 0 Å². The van der Waals surface area contributed by atoms with Gasteiger partial charge in [-0.05, 0) is 55.7 Å². The first-order valence-corrected chi connectivity index (χ1v) is 13.2. The lowest BCUT2D eigenvalue weighted by Crippen LogP contribution is -2.30. The first-order valence-electron chi connectivity index (χ1n) is 11.7. The lowest BCUT2D eigenvalue weighted by Gasteiger charge is -2.12. The molecule has 2 rings (SSSR count). The lowest BCUT2D eigenvalue weighted by molar-refractivity contribution is -0.123. The Morgan fingerprint density at radius 1 is 0.641 bits per heavy atom. The summed E-state index contributed by atoms with van der Waals surface area (Å²) in [5, 5.41) is 5.58. The fourth-order valence-electron chi connectivity index (χ4n) is 3.16. The normalized spacial score (nSPS) is 10.4. The Balaban J connectivity index is 1.61. The van der Waals surface area contributed by atoms with Gasteiger partial charge in [0.15, 0.2) is 24.8 Å². The zero-order valence-electron chi connectivity index (χ0n) is 20.8. The Morgan fingerprint density at radius 2 is 1.03 bits per heavy atom. The third-order valence-electron chi connectivity index (χ3n) is 5.21. The van der Waals surface area contributed by atoms with E-state index < -0.39 is 0 Å². The van der Waals surface area contributed by atoms with E-state index in [2.05, 4.69) is 23.8 Å². The van der Waals surface area contributed by atoms with Crippen LogP contribution in [0.1, 0.15) is 40.0 Å². The highest BCUT2D eigenvalue weighted by molar-refractivity contribution is 6.45. The van der Waals surface area contributed by atoms with E-state index in [9.17, 15) is 19.2 Å². The minimum absolute atomic E-state index is 0.0296. The molecular weight excluding hydrogens is 590 g/mol. The Kier molecular flexibility index (Phi) is 13.3. The summed E-state index contributed by atoms with van der Waals surface area (Å²) in [6.07, 6.45) is 4.37. The van der Waals surface area contributed by atoms with E-state index in [1.807, 2.05) is 0 Å². The van der Waals surface area contributed by atoms with Gasteiger partial charge in [-0.25, -0.2) is 0 Å². The van der Waals surface area contributed by atoms with Gasteiger partial charge >= 0.3 is 0 Å². The maximum Gasteiger partial charge on any atom is 0.257 e. The average molecular weight is 616 g/mol. The molecule has 0 spiro atoms. The summed E-state index contributed by atoms with van der Waals surface area (Å²) in [5.41, 5.74) is 0.388. The van der Waals surface area contributed by atoms with E-state index in [1.54, 1.807) is 0 Å². The van der Waals surface area contributed by atoms with E-state index in [4.69, 9.17) is 55.9 Å². The molecule has 2 amide bonds. The summed E-state index contributed by atoms with van der Waals surface area (Å²) in [7, 11) is 0. The Bertz CT molecular complexity index is 1170. The van der Waals surface area contributed by atoms with Crippen molar-refractivity contribution in [2.24, 2.45) is 0 Å². The molecule has 0 atom stereocenters. The lowest BCUT2D eigenvalue weighted by atomic mass is 10.1. The van der Waals surface area contributed by atoms with Crippen molar-refractivity contribution < 1.29 is 28.7 Å². The van der Waals surface area contributed by atoms with Crippen LogP contribution in [-0.2, 0) is 9.59 Å². The number of benzene rings is 2. The molecule has 0 radical (unpaired) electrons. The summed E-state index contributed by atoms with van der Waals surface area (Å²) < 4.78 is 10.8. The van der Waals surface area contributed by atoms with E-state index in [0.29, 0.717) is 25.9 Å². The Labute approximate surface area is 246 Å². The molecule has 8 nitrogen and oxygen atoms in total. The molecular formula is C27H26Cl4N2O6. The molecule has 0 saturated carbocycles. The third kappa shape index (κ3) is 9.58. The smallest absolute Gasteiger partial charge is 0.257 e. The number of amides is 2. The molecule has 208 valence electrons. The number of allylic oxidation sites excluding steroid dienone is 2. The van der Waals surface area contributed by atoms with Crippen molar-refractivity contribution in [3.8, 4) is 11.5 Å². The molecule has 0 unspecified atom stereocenters. The molecule has 2 N–H and O–H groups in total. The number of hydrogen-bond acceptors (Lipinski definition) is 6. The third-order valence-corrected chi connectivity index (χ3v) is 6.94. The van der Waals surface area contributed by atoms with Crippen LogP contribution < -0.4 is 20.1 Å². The minimum Gasteiger partial charge on any atom is -0.482 e. The monoisotopic (exact) mass is 614 g/mol. The Morgan fingerprint density at radius 3 is 1.38 bits per heavy atom. The highest BCUT2D eigenvalue weighted by Gasteiger charge is 2.17. The first-order chi connectivity index (χ1) is 18.6. The quantitative estimate of drug-likeness (QED) is 0.138. The zero-order chi connectivity index (χ0) is 28.9. The number of ether oxygens (including phenoxy) is 2. The van der Waals surface area contributed by atoms with Crippen LogP contribution >= 0.6 is 46.4 Å². The highest BCUT2D eigenvalue weighted by Crippen LogP contribution is 2.36. The van der Waals surface area contributed by atoms with Gasteiger partial charge in [-0.3, -0.25) is 19.2 Å². The predicted molar refractivity (Wildman–Crippen MR) is 153 cm³/mol. The summed E-state index contributed by atoms with van der Waals surface area (Å²) >= 11 is 24.4. The predicted octanol–water partition coefficient (Wildman–Crippen LogP) is 5.90. The molecule has 0 aliphatic carbocycles. The second-order valence-corrected chi connectivity index (χ2v) is 9.46. The van der Waals surface area contributed by atoms with Gasteiger partial charge in [0.1, 0.15) is 21.5 Å². The van der Waals surface area contributed by atoms with Crippen LogP contribution in [0.3, 0.4) is 0 Å². The van der Waals surface area contributed by atoms with E-state index in [-0.39, 0.29) is 79.3 Å². The number of halogens is 4. The van der Waals surface area contributed by atoms with Crippen LogP contribution in [0.25, 0.3) is 0 Å². The second-order valence-electron chi connectivity index (χ2n) is 7.95. The zero-order valence-corrected chi connectivity index (χ0v) is 23.8. The SMILES string of the molecule is C=CC(=O)c1ccc(OCC(=O)NCCCCCNC(=O)COc2ccc(C(=O)C=C)c(Cl)c2Cl)c(Cl)c1Cl. The molecule has 0 saturated heterocycles.